The Kier molecular flexibility index (Phi) is 4.29. The number of amides is 1. The van der Waals surface area contributed by atoms with Gasteiger partial charge in [0.2, 0.25) is 0 Å². The van der Waals surface area contributed by atoms with Gasteiger partial charge in [0, 0.05) is 17.5 Å². The molecule has 4 aromatic rings. The minimum absolute atomic E-state index is 0.0932. The van der Waals surface area contributed by atoms with E-state index in [1.54, 1.807) is 12.3 Å². The van der Waals surface area contributed by atoms with Crippen LogP contribution in [0.2, 0.25) is 0 Å². The lowest BCUT2D eigenvalue weighted by molar-refractivity contribution is 0.0891. The molecule has 2 N–H and O–H groups in total. The van der Waals surface area contributed by atoms with Crippen LogP contribution in [0.5, 0.6) is 0 Å². The fourth-order valence-corrected chi connectivity index (χ4v) is 2.80. The number of rotatable bonds is 5. The SMILES string of the molecule is O=C(NC[C@H](O)c1ccc(-c2ccco2)cc1)c1cc2ccccc2o1. The summed E-state index contributed by atoms with van der Waals surface area (Å²) in [6.45, 7) is 0.0932. The number of fused-ring (bicyclic) bond motifs is 1. The van der Waals surface area contributed by atoms with Crippen LogP contribution in [0.25, 0.3) is 22.3 Å². The molecule has 2 heterocycles. The molecule has 0 spiro atoms. The molecule has 0 aliphatic rings. The molecule has 4 rings (SSSR count). The van der Waals surface area contributed by atoms with Crippen molar-refractivity contribution in [1.29, 1.82) is 0 Å². The van der Waals surface area contributed by atoms with Gasteiger partial charge >= 0.3 is 0 Å². The summed E-state index contributed by atoms with van der Waals surface area (Å²) in [6.07, 6.45) is 0.806. The molecule has 0 unspecified atom stereocenters. The average Bonchev–Trinajstić information content (AvgIpc) is 3.35. The van der Waals surface area contributed by atoms with Crippen molar-refractivity contribution >= 4 is 16.9 Å². The average molecular weight is 347 g/mol. The van der Waals surface area contributed by atoms with Crippen LogP contribution in [-0.2, 0) is 0 Å². The third-order valence-corrected chi connectivity index (χ3v) is 4.21. The van der Waals surface area contributed by atoms with Crippen molar-refractivity contribution in [3.8, 4) is 11.3 Å². The van der Waals surface area contributed by atoms with Crippen molar-refractivity contribution in [1.82, 2.24) is 5.32 Å². The summed E-state index contributed by atoms with van der Waals surface area (Å²) in [6, 6.07) is 20.2. The topological polar surface area (TPSA) is 75.6 Å². The number of nitrogens with one attached hydrogen (secondary N) is 1. The zero-order valence-electron chi connectivity index (χ0n) is 13.9. The van der Waals surface area contributed by atoms with E-state index in [-0.39, 0.29) is 18.2 Å². The van der Waals surface area contributed by atoms with E-state index >= 15 is 0 Å². The van der Waals surface area contributed by atoms with Gasteiger partial charge in [-0.3, -0.25) is 4.79 Å². The summed E-state index contributed by atoms with van der Waals surface area (Å²) in [5.74, 6) is 0.642. The molecule has 0 saturated carbocycles. The van der Waals surface area contributed by atoms with Crippen molar-refractivity contribution in [3.63, 3.8) is 0 Å². The molecule has 130 valence electrons. The van der Waals surface area contributed by atoms with E-state index in [0.29, 0.717) is 11.1 Å². The molecule has 0 aliphatic carbocycles. The van der Waals surface area contributed by atoms with Gasteiger partial charge in [-0.2, -0.15) is 0 Å². The predicted molar refractivity (Wildman–Crippen MR) is 97.7 cm³/mol. The smallest absolute Gasteiger partial charge is 0.287 e. The summed E-state index contributed by atoms with van der Waals surface area (Å²) < 4.78 is 10.9. The largest absolute Gasteiger partial charge is 0.464 e. The summed E-state index contributed by atoms with van der Waals surface area (Å²) in [7, 11) is 0. The van der Waals surface area contributed by atoms with Crippen LogP contribution >= 0.6 is 0 Å². The molecule has 1 amide bonds. The van der Waals surface area contributed by atoms with Crippen LogP contribution in [-0.4, -0.2) is 17.6 Å². The Morgan fingerprint density at radius 3 is 2.58 bits per heavy atom. The van der Waals surface area contributed by atoms with Crippen LogP contribution in [0.4, 0.5) is 0 Å². The molecule has 0 fully saturated rings. The molecule has 0 aliphatic heterocycles. The second-order valence-electron chi connectivity index (χ2n) is 5.97. The fraction of sp³-hybridized carbons (Fsp3) is 0.0952. The van der Waals surface area contributed by atoms with Gasteiger partial charge in [-0.1, -0.05) is 42.5 Å². The quantitative estimate of drug-likeness (QED) is 0.568. The van der Waals surface area contributed by atoms with Crippen molar-refractivity contribution < 1.29 is 18.7 Å². The predicted octanol–water partition coefficient (Wildman–Crippen LogP) is 4.16. The van der Waals surface area contributed by atoms with Crippen LogP contribution in [0, 0.1) is 0 Å². The lowest BCUT2D eigenvalue weighted by Gasteiger charge is -2.12. The molecular weight excluding hydrogens is 330 g/mol. The van der Waals surface area contributed by atoms with Gasteiger partial charge in [0.25, 0.3) is 5.91 Å². The van der Waals surface area contributed by atoms with Gasteiger partial charge in [-0.15, -0.1) is 0 Å². The van der Waals surface area contributed by atoms with Crippen LogP contribution in [0.15, 0.2) is 81.8 Å². The molecular formula is C21H17NO4. The van der Waals surface area contributed by atoms with E-state index in [2.05, 4.69) is 5.32 Å². The zero-order valence-corrected chi connectivity index (χ0v) is 13.9. The normalized spacial score (nSPS) is 12.2. The first-order chi connectivity index (χ1) is 12.7. The zero-order chi connectivity index (χ0) is 17.9. The minimum atomic E-state index is -0.811. The maximum atomic E-state index is 12.2. The third kappa shape index (κ3) is 3.25. The number of aliphatic hydroxyl groups is 1. The van der Waals surface area contributed by atoms with Crippen LogP contribution in [0.3, 0.4) is 0 Å². The Balaban J connectivity index is 1.40. The first kappa shape index (κ1) is 16.2. The van der Waals surface area contributed by atoms with Gasteiger partial charge in [0.05, 0.1) is 12.4 Å². The Labute approximate surface area is 149 Å². The van der Waals surface area contributed by atoms with Crippen LogP contribution < -0.4 is 5.32 Å². The lowest BCUT2D eigenvalue weighted by Crippen LogP contribution is -2.28. The third-order valence-electron chi connectivity index (χ3n) is 4.21. The Morgan fingerprint density at radius 1 is 1.04 bits per heavy atom. The standard InChI is InChI=1S/C21H17NO4/c23-17(14-7-9-15(10-8-14)18-6-3-11-25-18)13-22-21(24)20-12-16-4-1-2-5-19(16)26-20/h1-12,17,23H,13H2,(H,22,24)/t17-/m0/s1. The highest BCUT2D eigenvalue weighted by Crippen LogP contribution is 2.22. The summed E-state index contributed by atoms with van der Waals surface area (Å²) in [4.78, 5) is 12.2. The van der Waals surface area contributed by atoms with Gasteiger partial charge in [-0.25, -0.2) is 0 Å². The van der Waals surface area contributed by atoms with E-state index in [0.717, 1.165) is 16.7 Å². The molecule has 26 heavy (non-hydrogen) atoms. The van der Waals surface area contributed by atoms with E-state index in [1.807, 2.05) is 60.7 Å². The number of carbonyl (C=O) groups excluding carboxylic acids is 1. The van der Waals surface area contributed by atoms with E-state index in [9.17, 15) is 9.90 Å². The Morgan fingerprint density at radius 2 is 1.85 bits per heavy atom. The second-order valence-corrected chi connectivity index (χ2v) is 5.97. The second kappa shape index (κ2) is 6.90. The maximum absolute atomic E-state index is 12.2. The maximum Gasteiger partial charge on any atom is 0.287 e. The highest BCUT2D eigenvalue weighted by atomic mass is 16.3. The Hall–Kier alpha value is -3.31. The molecule has 5 heteroatoms. The Bertz CT molecular complexity index is 983. The van der Waals surface area contributed by atoms with Gasteiger partial charge < -0.3 is 19.3 Å². The molecule has 0 bridgehead atoms. The summed E-state index contributed by atoms with van der Waals surface area (Å²) >= 11 is 0. The van der Waals surface area contributed by atoms with Gasteiger partial charge in [0.15, 0.2) is 5.76 Å². The van der Waals surface area contributed by atoms with E-state index < -0.39 is 6.10 Å². The van der Waals surface area contributed by atoms with Crippen molar-refractivity contribution in [3.05, 3.63) is 84.3 Å². The summed E-state index contributed by atoms with van der Waals surface area (Å²) in [5.41, 5.74) is 2.30. The van der Waals surface area contributed by atoms with Gasteiger partial charge in [-0.05, 0) is 29.8 Å². The first-order valence-corrected chi connectivity index (χ1v) is 8.29. The first-order valence-electron chi connectivity index (χ1n) is 8.29. The number of carbonyl (C=O) groups is 1. The summed E-state index contributed by atoms with van der Waals surface area (Å²) in [5, 5.41) is 13.9. The molecule has 0 saturated heterocycles. The van der Waals surface area contributed by atoms with Crippen LogP contribution in [0.1, 0.15) is 22.2 Å². The molecule has 5 nitrogen and oxygen atoms in total. The highest BCUT2D eigenvalue weighted by Gasteiger charge is 2.15. The molecule has 0 radical (unpaired) electrons. The van der Waals surface area contributed by atoms with Gasteiger partial charge in [0.1, 0.15) is 11.3 Å². The number of furan rings is 2. The van der Waals surface area contributed by atoms with Crippen molar-refractivity contribution in [2.24, 2.45) is 0 Å². The highest BCUT2D eigenvalue weighted by molar-refractivity contribution is 5.96. The number of benzene rings is 2. The van der Waals surface area contributed by atoms with E-state index in [1.165, 1.54) is 0 Å². The van der Waals surface area contributed by atoms with E-state index in [4.69, 9.17) is 8.83 Å². The number of hydrogen-bond donors (Lipinski definition) is 2. The fourth-order valence-electron chi connectivity index (χ4n) is 2.80. The molecule has 2 aromatic heterocycles. The van der Waals surface area contributed by atoms with Crippen molar-refractivity contribution in [2.45, 2.75) is 6.10 Å². The van der Waals surface area contributed by atoms with Crippen molar-refractivity contribution in [2.75, 3.05) is 6.54 Å². The number of hydrogen-bond acceptors (Lipinski definition) is 4. The molecule has 1 atom stereocenters. The lowest BCUT2D eigenvalue weighted by atomic mass is 10.1. The number of aliphatic hydroxyl groups excluding tert-OH is 1. The number of para-hydroxylation sites is 1. The molecule has 2 aromatic carbocycles. The monoisotopic (exact) mass is 347 g/mol. The minimum Gasteiger partial charge on any atom is -0.464 e.